The van der Waals surface area contributed by atoms with Crippen molar-refractivity contribution in [1.82, 2.24) is 20.4 Å². The Bertz CT molecular complexity index is 681. The average molecular weight is 329 g/mol. The molecule has 0 aliphatic carbocycles. The molecular weight excluding hydrogens is 306 g/mol. The van der Waals surface area contributed by atoms with Crippen LogP contribution in [0, 0.1) is 5.92 Å². The number of benzene rings is 1. The summed E-state index contributed by atoms with van der Waals surface area (Å²) in [4.78, 5) is 23.1. The van der Waals surface area contributed by atoms with Crippen LogP contribution < -0.4 is 16.4 Å². The van der Waals surface area contributed by atoms with E-state index < -0.39 is 12.1 Å². The summed E-state index contributed by atoms with van der Waals surface area (Å²) in [6.45, 7) is 4.16. The fourth-order valence-corrected chi connectivity index (χ4v) is 2.34. The van der Waals surface area contributed by atoms with Crippen molar-refractivity contribution in [2.24, 2.45) is 11.7 Å². The first kappa shape index (κ1) is 17.5. The predicted molar refractivity (Wildman–Crippen MR) is 91.6 cm³/mol. The molecule has 3 amide bonds. The molecule has 1 heterocycles. The minimum absolute atomic E-state index is 0.0432. The molecule has 0 spiro atoms. The third-order valence-corrected chi connectivity index (χ3v) is 3.62. The molecule has 0 aliphatic rings. The van der Waals surface area contributed by atoms with Gasteiger partial charge in [0.05, 0.1) is 11.9 Å². The van der Waals surface area contributed by atoms with E-state index in [2.05, 4.69) is 15.7 Å². The Balaban J connectivity index is 1.87. The van der Waals surface area contributed by atoms with Gasteiger partial charge in [0, 0.05) is 12.7 Å². The maximum Gasteiger partial charge on any atom is 0.312 e. The van der Waals surface area contributed by atoms with E-state index in [1.807, 2.05) is 50.4 Å². The summed E-state index contributed by atoms with van der Waals surface area (Å²) in [7, 11) is 0. The number of aromatic nitrogens is 2. The van der Waals surface area contributed by atoms with Crippen molar-refractivity contribution in [1.29, 1.82) is 0 Å². The first-order chi connectivity index (χ1) is 11.5. The molecule has 0 bridgehead atoms. The maximum atomic E-state index is 12.1. The molecular formula is C17H23N5O2. The van der Waals surface area contributed by atoms with Crippen LogP contribution in [0.4, 0.5) is 4.79 Å². The number of rotatable bonds is 7. The quantitative estimate of drug-likeness (QED) is 0.712. The zero-order chi connectivity index (χ0) is 17.5. The zero-order valence-corrected chi connectivity index (χ0v) is 13.9. The monoisotopic (exact) mass is 329 g/mol. The van der Waals surface area contributed by atoms with Crippen molar-refractivity contribution in [2.45, 2.75) is 26.3 Å². The second kappa shape index (κ2) is 8.14. The summed E-state index contributed by atoms with van der Waals surface area (Å²) in [5.74, 6) is -0.280. The Kier molecular flexibility index (Phi) is 5.95. The third-order valence-electron chi connectivity index (χ3n) is 3.62. The van der Waals surface area contributed by atoms with Gasteiger partial charge in [-0.3, -0.25) is 4.79 Å². The molecule has 2 aromatic rings. The number of nitrogens with two attached hydrogens (primary N) is 1. The van der Waals surface area contributed by atoms with Crippen LogP contribution in [0.25, 0.3) is 5.69 Å². The lowest BCUT2D eigenvalue weighted by Gasteiger charge is -2.20. The van der Waals surface area contributed by atoms with E-state index in [1.165, 1.54) is 0 Å². The second-order valence-electron chi connectivity index (χ2n) is 5.90. The van der Waals surface area contributed by atoms with Crippen molar-refractivity contribution in [2.75, 3.05) is 6.54 Å². The van der Waals surface area contributed by atoms with Crippen LogP contribution in [0.15, 0.2) is 42.7 Å². The fourth-order valence-electron chi connectivity index (χ4n) is 2.34. The molecule has 7 heteroatoms. The maximum absolute atomic E-state index is 12.1. The van der Waals surface area contributed by atoms with Crippen molar-refractivity contribution in [3.63, 3.8) is 0 Å². The number of hydrogen-bond acceptors (Lipinski definition) is 3. The minimum atomic E-state index is -0.701. The Labute approximate surface area is 141 Å². The molecule has 24 heavy (non-hydrogen) atoms. The lowest BCUT2D eigenvalue weighted by molar-refractivity contribution is -0.123. The first-order valence-corrected chi connectivity index (χ1v) is 7.90. The van der Waals surface area contributed by atoms with Gasteiger partial charge in [0.15, 0.2) is 0 Å². The Hall–Kier alpha value is -2.83. The summed E-state index contributed by atoms with van der Waals surface area (Å²) >= 11 is 0. The SMILES string of the molecule is CC(C)[C@H](NC(N)=O)C(=O)NCCc1cnn(-c2ccccc2)c1. The molecule has 0 unspecified atom stereocenters. The van der Waals surface area contributed by atoms with Gasteiger partial charge in [0.1, 0.15) is 6.04 Å². The summed E-state index contributed by atoms with van der Waals surface area (Å²) in [5.41, 5.74) is 7.11. The van der Waals surface area contributed by atoms with Crippen molar-refractivity contribution >= 4 is 11.9 Å². The van der Waals surface area contributed by atoms with Crippen LogP contribution >= 0.6 is 0 Å². The van der Waals surface area contributed by atoms with Gasteiger partial charge in [-0.2, -0.15) is 5.10 Å². The number of urea groups is 1. The van der Waals surface area contributed by atoms with Crippen molar-refractivity contribution in [3.8, 4) is 5.69 Å². The lowest BCUT2D eigenvalue weighted by Crippen LogP contribution is -2.51. The normalized spacial score (nSPS) is 12.0. The number of hydrogen-bond donors (Lipinski definition) is 3. The van der Waals surface area contributed by atoms with Gasteiger partial charge in [0.25, 0.3) is 0 Å². The fraction of sp³-hybridized carbons (Fsp3) is 0.353. The van der Waals surface area contributed by atoms with Crippen LogP contribution in [0.5, 0.6) is 0 Å². The number of amides is 3. The van der Waals surface area contributed by atoms with Gasteiger partial charge in [-0.1, -0.05) is 32.0 Å². The summed E-state index contributed by atoms with van der Waals surface area (Å²) in [5, 5.41) is 9.60. The van der Waals surface area contributed by atoms with Crippen molar-refractivity contribution in [3.05, 3.63) is 48.3 Å². The molecule has 1 aromatic heterocycles. The first-order valence-electron chi connectivity index (χ1n) is 7.90. The molecule has 1 atom stereocenters. The molecule has 1 aromatic carbocycles. The number of carbonyl (C=O) groups excluding carboxylic acids is 2. The van der Waals surface area contributed by atoms with E-state index in [0.717, 1.165) is 11.3 Å². The Morgan fingerprint density at radius 3 is 2.58 bits per heavy atom. The molecule has 7 nitrogen and oxygen atoms in total. The van der Waals surface area contributed by atoms with Gasteiger partial charge >= 0.3 is 6.03 Å². The highest BCUT2D eigenvalue weighted by molar-refractivity contribution is 5.86. The molecule has 4 N–H and O–H groups in total. The molecule has 0 fully saturated rings. The lowest BCUT2D eigenvalue weighted by atomic mass is 10.0. The highest BCUT2D eigenvalue weighted by Gasteiger charge is 2.22. The third kappa shape index (κ3) is 4.84. The molecule has 0 saturated carbocycles. The molecule has 128 valence electrons. The standard InChI is InChI=1S/C17H23N5O2/c1-12(2)15(21-17(18)24)16(23)19-9-8-13-10-20-22(11-13)14-6-4-3-5-7-14/h3-7,10-12,15H,8-9H2,1-2H3,(H,19,23)(H3,18,21,24)/t15-/m0/s1. The largest absolute Gasteiger partial charge is 0.354 e. The molecule has 2 rings (SSSR count). The predicted octanol–water partition coefficient (Wildman–Crippen LogP) is 1.22. The smallest absolute Gasteiger partial charge is 0.312 e. The van der Waals surface area contributed by atoms with Crippen molar-refractivity contribution < 1.29 is 9.59 Å². The van der Waals surface area contributed by atoms with E-state index in [4.69, 9.17) is 5.73 Å². The van der Waals surface area contributed by atoms with Gasteiger partial charge in [-0.15, -0.1) is 0 Å². The van der Waals surface area contributed by atoms with Gasteiger partial charge in [-0.05, 0) is 30.0 Å². The number of primary amides is 1. The van der Waals surface area contributed by atoms with Crippen LogP contribution in [0.3, 0.4) is 0 Å². The number of carbonyl (C=O) groups is 2. The molecule has 0 saturated heterocycles. The minimum Gasteiger partial charge on any atom is -0.354 e. The van der Waals surface area contributed by atoms with Gasteiger partial charge in [-0.25, -0.2) is 9.48 Å². The summed E-state index contributed by atoms with van der Waals surface area (Å²) < 4.78 is 1.79. The van der Waals surface area contributed by atoms with E-state index in [0.29, 0.717) is 13.0 Å². The second-order valence-corrected chi connectivity index (χ2v) is 5.90. The van der Waals surface area contributed by atoms with E-state index >= 15 is 0 Å². The van der Waals surface area contributed by atoms with E-state index in [9.17, 15) is 9.59 Å². The van der Waals surface area contributed by atoms with Gasteiger partial charge < -0.3 is 16.4 Å². The highest BCUT2D eigenvalue weighted by atomic mass is 16.2. The number of nitrogens with zero attached hydrogens (tertiary/aromatic N) is 2. The van der Waals surface area contributed by atoms with E-state index in [1.54, 1.807) is 10.9 Å². The van der Waals surface area contributed by atoms with Gasteiger partial charge in [0.2, 0.25) is 5.91 Å². The van der Waals surface area contributed by atoms with Crippen LogP contribution in [-0.2, 0) is 11.2 Å². The van der Waals surface area contributed by atoms with Crippen LogP contribution in [0.2, 0.25) is 0 Å². The highest BCUT2D eigenvalue weighted by Crippen LogP contribution is 2.08. The zero-order valence-electron chi connectivity index (χ0n) is 13.9. The Morgan fingerprint density at radius 2 is 1.96 bits per heavy atom. The number of nitrogens with one attached hydrogen (secondary N) is 2. The number of para-hydroxylation sites is 1. The molecule has 0 aliphatic heterocycles. The summed E-state index contributed by atoms with van der Waals surface area (Å²) in [6.07, 6.45) is 4.36. The van der Waals surface area contributed by atoms with E-state index in [-0.39, 0.29) is 11.8 Å². The Morgan fingerprint density at radius 1 is 1.25 bits per heavy atom. The topological polar surface area (TPSA) is 102 Å². The van der Waals surface area contributed by atoms with Crippen LogP contribution in [0.1, 0.15) is 19.4 Å². The summed E-state index contributed by atoms with van der Waals surface area (Å²) in [6, 6.07) is 8.48. The van der Waals surface area contributed by atoms with Crippen LogP contribution in [-0.4, -0.2) is 34.3 Å². The molecule has 0 radical (unpaired) electrons. The average Bonchev–Trinajstić information content (AvgIpc) is 3.02.